The van der Waals surface area contributed by atoms with E-state index in [-0.39, 0.29) is 0 Å². The molecule has 0 nitrogen and oxygen atoms in total. The Labute approximate surface area is 215 Å². The van der Waals surface area contributed by atoms with Gasteiger partial charge in [-0.05, 0) is 82.2 Å². The molecule has 0 heteroatoms. The van der Waals surface area contributed by atoms with Gasteiger partial charge in [0.15, 0.2) is 0 Å². The zero-order valence-corrected chi connectivity index (χ0v) is 20.4. The molecule has 0 aliphatic heterocycles. The Morgan fingerprint density at radius 2 is 0.622 bits per heavy atom. The second-order valence-corrected chi connectivity index (χ2v) is 10.2. The van der Waals surface area contributed by atoms with Gasteiger partial charge < -0.3 is 0 Å². The van der Waals surface area contributed by atoms with Crippen molar-refractivity contribution in [1.82, 2.24) is 0 Å². The van der Waals surface area contributed by atoms with E-state index in [2.05, 4.69) is 133 Å². The van der Waals surface area contributed by atoms with Gasteiger partial charge in [-0.2, -0.15) is 0 Å². The first-order valence-corrected chi connectivity index (χ1v) is 13.0. The third kappa shape index (κ3) is 3.23. The lowest BCUT2D eigenvalue weighted by atomic mass is 9.93. The fraction of sp³-hybridized carbons (Fsp3) is 0.0270. The van der Waals surface area contributed by atoms with Crippen LogP contribution in [0.25, 0.3) is 64.6 Å². The summed E-state index contributed by atoms with van der Waals surface area (Å²) in [7, 11) is 0. The molecule has 8 aromatic rings. The SMILES string of the molecule is c1ccc2c(c1)ccc1c3ccc(Cc4ccc5c(ccc6c7ccccc7ccc56)c4)cc3ccc21. The molecular weight excluding hydrogens is 444 g/mol. The largest absolute Gasteiger partial charge is 0.0616 e. The Kier molecular flexibility index (Phi) is 4.39. The molecule has 37 heavy (non-hydrogen) atoms. The number of hydrogen-bond donors (Lipinski definition) is 0. The molecule has 0 aliphatic carbocycles. The molecule has 0 aromatic heterocycles. The Morgan fingerprint density at radius 3 is 1.08 bits per heavy atom. The summed E-state index contributed by atoms with van der Waals surface area (Å²) in [6.45, 7) is 0. The fourth-order valence-electron chi connectivity index (χ4n) is 6.21. The van der Waals surface area contributed by atoms with E-state index in [0.29, 0.717) is 0 Å². The number of rotatable bonds is 2. The van der Waals surface area contributed by atoms with Gasteiger partial charge in [-0.15, -0.1) is 0 Å². The van der Waals surface area contributed by atoms with Crippen molar-refractivity contribution >= 4 is 64.6 Å². The molecule has 172 valence electrons. The highest BCUT2D eigenvalue weighted by Crippen LogP contribution is 2.34. The van der Waals surface area contributed by atoms with Crippen molar-refractivity contribution in [3.8, 4) is 0 Å². The van der Waals surface area contributed by atoms with Crippen LogP contribution >= 0.6 is 0 Å². The molecule has 0 fully saturated rings. The van der Waals surface area contributed by atoms with Crippen LogP contribution < -0.4 is 0 Å². The first-order chi connectivity index (χ1) is 18.3. The lowest BCUT2D eigenvalue weighted by Crippen LogP contribution is -1.90. The van der Waals surface area contributed by atoms with Gasteiger partial charge in [0.05, 0.1) is 0 Å². The zero-order valence-electron chi connectivity index (χ0n) is 20.4. The Bertz CT molecular complexity index is 2010. The van der Waals surface area contributed by atoms with Crippen molar-refractivity contribution in [3.63, 3.8) is 0 Å². The van der Waals surface area contributed by atoms with E-state index in [4.69, 9.17) is 0 Å². The molecule has 0 amide bonds. The van der Waals surface area contributed by atoms with E-state index in [1.165, 1.54) is 75.8 Å². The monoisotopic (exact) mass is 468 g/mol. The van der Waals surface area contributed by atoms with Gasteiger partial charge in [0.25, 0.3) is 0 Å². The standard InChI is InChI=1S/C37H24/c1-3-7-30-26(5-1)11-17-36-32-15-9-24(22-28(32)13-19-34(30)36)21-25-10-16-33-29(23-25)14-20-35-31-8-4-2-6-27(31)12-18-37(33)35/h1-20,22-23H,21H2. The molecule has 0 radical (unpaired) electrons. The molecule has 0 atom stereocenters. The molecule has 8 aromatic carbocycles. The maximum Gasteiger partial charge on any atom is -0.00253 e. The van der Waals surface area contributed by atoms with E-state index in [0.717, 1.165) is 6.42 Å². The van der Waals surface area contributed by atoms with E-state index in [9.17, 15) is 0 Å². The molecule has 0 heterocycles. The maximum absolute atomic E-state index is 2.36. The second kappa shape index (κ2) is 7.91. The van der Waals surface area contributed by atoms with Crippen molar-refractivity contribution in [1.29, 1.82) is 0 Å². The van der Waals surface area contributed by atoms with Crippen molar-refractivity contribution in [2.24, 2.45) is 0 Å². The Balaban J connectivity index is 1.19. The summed E-state index contributed by atoms with van der Waals surface area (Å²) < 4.78 is 0. The predicted molar refractivity (Wildman–Crippen MR) is 161 cm³/mol. The van der Waals surface area contributed by atoms with Crippen LogP contribution in [-0.2, 0) is 6.42 Å². The van der Waals surface area contributed by atoms with Crippen LogP contribution in [0, 0.1) is 0 Å². The van der Waals surface area contributed by atoms with Gasteiger partial charge in [-0.25, -0.2) is 0 Å². The highest BCUT2D eigenvalue weighted by Gasteiger charge is 2.08. The van der Waals surface area contributed by atoms with Crippen LogP contribution in [0.4, 0.5) is 0 Å². The summed E-state index contributed by atoms with van der Waals surface area (Å²) in [5, 5.41) is 15.8. The summed E-state index contributed by atoms with van der Waals surface area (Å²) in [4.78, 5) is 0. The van der Waals surface area contributed by atoms with E-state index >= 15 is 0 Å². The summed E-state index contributed by atoms with van der Waals surface area (Å²) >= 11 is 0. The van der Waals surface area contributed by atoms with Gasteiger partial charge >= 0.3 is 0 Å². The highest BCUT2D eigenvalue weighted by molar-refractivity contribution is 6.18. The molecule has 0 unspecified atom stereocenters. The van der Waals surface area contributed by atoms with Gasteiger partial charge in [-0.1, -0.05) is 133 Å². The van der Waals surface area contributed by atoms with Gasteiger partial charge in [0.2, 0.25) is 0 Å². The molecule has 0 bridgehead atoms. The zero-order chi connectivity index (χ0) is 24.3. The molecule has 0 aliphatic rings. The highest BCUT2D eigenvalue weighted by atomic mass is 14.1. The van der Waals surface area contributed by atoms with Crippen LogP contribution in [0.5, 0.6) is 0 Å². The number of benzene rings is 8. The summed E-state index contributed by atoms with van der Waals surface area (Å²) in [6.07, 6.45) is 0.928. The summed E-state index contributed by atoms with van der Waals surface area (Å²) in [6, 6.07) is 49.4. The van der Waals surface area contributed by atoms with Crippen LogP contribution in [0.2, 0.25) is 0 Å². The fourth-order valence-corrected chi connectivity index (χ4v) is 6.21. The molecule has 0 N–H and O–H groups in total. The minimum absolute atomic E-state index is 0.928. The predicted octanol–water partition coefficient (Wildman–Crippen LogP) is 10.2. The van der Waals surface area contributed by atoms with E-state index in [1.54, 1.807) is 0 Å². The van der Waals surface area contributed by atoms with Gasteiger partial charge in [0.1, 0.15) is 0 Å². The minimum Gasteiger partial charge on any atom is -0.0616 e. The van der Waals surface area contributed by atoms with E-state index < -0.39 is 0 Å². The maximum atomic E-state index is 2.36. The molecule has 0 saturated heterocycles. The third-order valence-electron chi connectivity index (χ3n) is 8.02. The second-order valence-electron chi connectivity index (χ2n) is 10.2. The van der Waals surface area contributed by atoms with E-state index in [1.807, 2.05) is 0 Å². The van der Waals surface area contributed by atoms with Crippen molar-refractivity contribution in [2.45, 2.75) is 6.42 Å². The van der Waals surface area contributed by atoms with Gasteiger partial charge in [0, 0.05) is 0 Å². The van der Waals surface area contributed by atoms with Crippen molar-refractivity contribution in [3.05, 3.63) is 145 Å². The third-order valence-corrected chi connectivity index (χ3v) is 8.02. The molecule has 0 saturated carbocycles. The molecular formula is C37H24. The minimum atomic E-state index is 0.928. The molecule has 0 spiro atoms. The Hall–Kier alpha value is -4.68. The quantitative estimate of drug-likeness (QED) is 0.221. The number of fused-ring (bicyclic) bond motifs is 10. The van der Waals surface area contributed by atoms with Crippen LogP contribution in [0.15, 0.2) is 133 Å². The first kappa shape index (κ1) is 20.5. The first-order valence-electron chi connectivity index (χ1n) is 13.0. The van der Waals surface area contributed by atoms with Crippen LogP contribution in [0.3, 0.4) is 0 Å². The lowest BCUT2D eigenvalue weighted by molar-refractivity contribution is 1.21. The van der Waals surface area contributed by atoms with Crippen molar-refractivity contribution < 1.29 is 0 Å². The average molecular weight is 469 g/mol. The van der Waals surface area contributed by atoms with Crippen molar-refractivity contribution in [2.75, 3.05) is 0 Å². The normalized spacial score (nSPS) is 11.9. The lowest BCUT2D eigenvalue weighted by Gasteiger charge is -2.11. The number of hydrogen-bond acceptors (Lipinski definition) is 0. The summed E-state index contributed by atoms with van der Waals surface area (Å²) in [5.74, 6) is 0. The average Bonchev–Trinajstić information content (AvgIpc) is 2.96. The molecule has 8 rings (SSSR count). The van der Waals surface area contributed by atoms with Crippen LogP contribution in [-0.4, -0.2) is 0 Å². The van der Waals surface area contributed by atoms with Crippen LogP contribution in [0.1, 0.15) is 11.1 Å². The van der Waals surface area contributed by atoms with Gasteiger partial charge in [-0.3, -0.25) is 0 Å². The Morgan fingerprint density at radius 1 is 0.270 bits per heavy atom. The topological polar surface area (TPSA) is 0 Å². The smallest absolute Gasteiger partial charge is 0.00253 e. The summed E-state index contributed by atoms with van der Waals surface area (Å²) in [5.41, 5.74) is 2.69.